The molecule has 2 aromatic heterocycles. The predicted octanol–water partition coefficient (Wildman–Crippen LogP) is 2.70. The lowest BCUT2D eigenvalue weighted by molar-refractivity contribution is -0.154. The quantitative estimate of drug-likeness (QED) is 0.834. The molecular weight excluding hydrogens is 337 g/mol. The predicted molar refractivity (Wildman–Crippen MR) is 85.5 cm³/mol. The second-order valence-electron chi connectivity index (χ2n) is 5.16. The molecule has 0 bridgehead atoms. The zero-order chi connectivity index (χ0) is 18.4. The number of aryl methyl sites for hydroxylation is 1. The van der Waals surface area contributed by atoms with Crippen LogP contribution < -0.4 is 15.4 Å². The molecule has 2 heterocycles. The number of ether oxygens (including phenoxy) is 1. The van der Waals surface area contributed by atoms with E-state index in [2.05, 4.69) is 25.3 Å². The zero-order valence-corrected chi connectivity index (χ0v) is 13.6. The van der Waals surface area contributed by atoms with E-state index in [0.717, 1.165) is 0 Å². The van der Waals surface area contributed by atoms with Crippen LogP contribution in [0.2, 0.25) is 0 Å². The summed E-state index contributed by atoms with van der Waals surface area (Å²) < 4.78 is 41.0. The number of pyridine rings is 2. The van der Waals surface area contributed by atoms with Crippen molar-refractivity contribution in [1.82, 2.24) is 15.3 Å². The highest BCUT2D eigenvalue weighted by molar-refractivity contribution is 5.94. The van der Waals surface area contributed by atoms with Gasteiger partial charge in [-0.05, 0) is 24.6 Å². The molecule has 0 radical (unpaired) electrons. The molecule has 0 spiro atoms. The highest BCUT2D eigenvalue weighted by Gasteiger charge is 2.28. The first kappa shape index (κ1) is 18.5. The Balaban J connectivity index is 1.97. The van der Waals surface area contributed by atoms with Gasteiger partial charge in [-0.15, -0.1) is 0 Å². The Kier molecular flexibility index (Phi) is 5.79. The van der Waals surface area contributed by atoms with Crippen LogP contribution in [0, 0.1) is 6.92 Å². The number of aromatic nitrogens is 2. The maximum Gasteiger partial charge on any atom is 0.422 e. The normalized spacial score (nSPS) is 11.1. The third-order valence-electron chi connectivity index (χ3n) is 3.27. The Labute approximate surface area is 142 Å². The zero-order valence-electron chi connectivity index (χ0n) is 13.6. The average Bonchev–Trinajstić information content (AvgIpc) is 2.58. The van der Waals surface area contributed by atoms with Crippen molar-refractivity contribution < 1.29 is 22.7 Å². The van der Waals surface area contributed by atoms with E-state index in [4.69, 9.17) is 0 Å². The second-order valence-corrected chi connectivity index (χ2v) is 5.16. The first-order valence-electron chi connectivity index (χ1n) is 7.36. The maximum atomic E-state index is 12.1. The maximum absolute atomic E-state index is 12.1. The van der Waals surface area contributed by atoms with Crippen LogP contribution in [-0.2, 0) is 6.54 Å². The molecule has 2 aromatic rings. The van der Waals surface area contributed by atoms with Crippen LogP contribution in [0.4, 0.5) is 19.0 Å². The fourth-order valence-electron chi connectivity index (χ4n) is 1.98. The number of hydrogen-bond donors (Lipinski definition) is 2. The third-order valence-corrected chi connectivity index (χ3v) is 3.27. The molecular formula is C16H17F3N4O2. The van der Waals surface area contributed by atoms with Crippen molar-refractivity contribution in [3.8, 4) is 5.88 Å². The van der Waals surface area contributed by atoms with Gasteiger partial charge in [0.25, 0.3) is 5.91 Å². The minimum Gasteiger partial charge on any atom is -0.468 e. The summed E-state index contributed by atoms with van der Waals surface area (Å²) in [6.45, 7) is 0.424. The van der Waals surface area contributed by atoms with Gasteiger partial charge in [-0.2, -0.15) is 13.2 Å². The Morgan fingerprint density at radius 3 is 2.68 bits per heavy atom. The summed E-state index contributed by atoms with van der Waals surface area (Å²) in [5, 5.41) is 5.57. The van der Waals surface area contributed by atoms with Gasteiger partial charge in [-0.3, -0.25) is 4.79 Å². The molecule has 0 saturated carbocycles. The molecule has 0 aromatic carbocycles. The largest absolute Gasteiger partial charge is 0.468 e. The van der Waals surface area contributed by atoms with Crippen LogP contribution in [0.5, 0.6) is 5.88 Å². The minimum atomic E-state index is -4.42. The molecule has 134 valence electrons. The number of amides is 1. The fraction of sp³-hybridized carbons (Fsp3) is 0.312. The Hall–Kier alpha value is -2.84. The van der Waals surface area contributed by atoms with Crippen LogP contribution in [0.3, 0.4) is 0 Å². The standard InChI is InChI=1S/C16H17F3N4O2/c1-10-12(3-4-14(23-10)25-9-16(17,18)19)8-22-15(24)11-5-6-21-13(7-11)20-2/h3-7H,8-9H2,1-2H3,(H,20,21)(H,22,24). The summed E-state index contributed by atoms with van der Waals surface area (Å²) in [5.74, 6) is 0.157. The van der Waals surface area contributed by atoms with Gasteiger partial charge in [-0.25, -0.2) is 9.97 Å². The van der Waals surface area contributed by atoms with Crippen LogP contribution >= 0.6 is 0 Å². The molecule has 9 heteroatoms. The average molecular weight is 354 g/mol. The van der Waals surface area contributed by atoms with E-state index in [-0.39, 0.29) is 18.3 Å². The molecule has 0 unspecified atom stereocenters. The van der Waals surface area contributed by atoms with Crippen molar-refractivity contribution in [3.63, 3.8) is 0 Å². The lowest BCUT2D eigenvalue weighted by Gasteiger charge is -2.11. The molecule has 0 fully saturated rings. The summed E-state index contributed by atoms with van der Waals surface area (Å²) in [4.78, 5) is 20.1. The lowest BCUT2D eigenvalue weighted by atomic mass is 10.2. The molecule has 0 aliphatic rings. The van der Waals surface area contributed by atoms with Gasteiger partial charge in [-0.1, -0.05) is 6.07 Å². The number of carbonyl (C=O) groups excluding carboxylic acids is 1. The lowest BCUT2D eigenvalue weighted by Crippen LogP contribution is -2.23. The monoisotopic (exact) mass is 354 g/mol. The van der Waals surface area contributed by atoms with Crippen LogP contribution in [0.1, 0.15) is 21.6 Å². The number of nitrogens with zero attached hydrogens (tertiary/aromatic N) is 2. The van der Waals surface area contributed by atoms with Gasteiger partial charge in [0.15, 0.2) is 6.61 Å². The second kappa shape index (κ2) is 7.82. The van der Waals surface area contributed by atoms with Crippen molar-refractivity contribution in [2.45, 2.75) is 19.6 Å². The number of carbonyl (C=O) groups is 1. The smallest absolute Gasteiger partial charge is 0.422 e. The first-order valence-corrected chi connectivity index (χ1v) is 7.36. The number of anilines is 1. The van der Waals surface area contributed by atoms with Crippen LogP contribution in [0.25, 0.3) is 0 Å². The van der Waals surface area contributed by atoms with E-state index in [0.29, 0.717) is 22.6 Å². The third kappa shape index (κ3) is 5.63. The van der Waals surface area contributed by atoms with Gasteiger partial charge < -0.3 is 15.4 Å². The molecule has 2 rings (SSSR count). The SMILES string of the molecule is CNc1cc(C(=O)NCc2ccc(OCC(F)(F)F)nc2C)ccn1. The fourth-order valence-corrected chi connectivity index (χ4v) is 1.98. The van der Waals surface area contributed by atoms with Crippen LogP contribution in [0.15, 0.2) is 30.5 Å². The van der Waals surface area contributed by atoms with Gasteiger partial charge >= 0.3 is 6.18 Å². The summed E-state index contributed by atoms with van der Waals surface area (Å²) in [7, 11) is 1.70. The highest BCUT2D eigenvalue weighted by atomic mass is 19.4. The molecule has 0 aliphatic carbocycles. The van der Waals surface area contributed by atoms with E-state index in [9.17, 15) is 18.0 Å². The topological polar surface area (TPSA) is 76.1 Å². The van der Waals surface area contributed by atoms with E-state index in [1.54, 1.807) is 32.2 Å². The first-order chi connectivity index (χ1) is 11.8. The molecule has 0 saturated heterocycles. The van der Waals surface area contributed by atoms with E-state index in [1.165, 1.54) is 12.3 Å². The van der Waals surface area contributed by atoms with Crippen molar-refractivity contribution in [3.05, 3.63) is 47.3 Å². The summed E-state index contributed by atoms with van der Waals surface area (Å²) in [6, 6.07) is 6.09. The van der Waals surface area contributed by atoms with Gasteiger partial charge in [0.1, 0.15) is 5.82 Å². The molecule has 0 aliphatic heterocycles. The molecule has 1 amide bonds. The minimum absolute atomic E-state index is 0.113. The van der Waals surface area contributed by atoms with Crippen molar-refractivity contribution in [2.75, 3.05) is 19.0 Å². The van der Waals surface area contributed by atoms with E-state index in [1.807, 2.05) is 0 Å². The molecule has 6 nitrogen and oxygen atoms in total. The van der Waals surface area contributed by atoms with Crippen molar-refractivity contribution >= 4 is 11.7 Å². The van der Waals surface area contributed by atoms with Crippen molar-refractivity contribution in [1.29, 1.82) is 0 Å². The Bertz CT molecular complexity index is 750. The van der Waals surface area contributed by atoms with Gasteiger partial charge in [0, 0.05) is 37.1 Å². The molecule has 0 atom stereocenters. The number of hydrogen-bond acceptors (Lipinski definition) is 5. The Morgan fingerprint density at radius 1 is 1.28 bits per heavy atom. The number of alkyl halides is 3. The molecule has 2 N–H and O–H groups in total. The molecule has 25 heavy (non-hydrogen) atoms. The highest BCUT2D eigenvalue weighted by Crippen LogP contribution is 2.18. The van der Waals surface area contributed by atoms with E-state index >= 15 is 0 Å². The summed E-state index contributed by atoms with van der Waals surface area (Å²) in [6.07, 6.45) is -2.90. The van der Waals surface area contributed by atoms with Gasteiger partial charge in [0.05, 0.1) is 0 Å². The van der Waals surface area contributed by atoms with E-state index < -0.39 is 12.8 Å². The number of rotatable bonds is 6. The summed E-state index contributed by atoms with van der Waals surface area (Å²) in [5.41, 5.74) is 1.59. The Morgan fingerprint density at radius 2 is 2.04 bits per heavy atom. The number of halogens is 3. The van der Waals surface area contributed by atoms with Gasteiger partial charge in [0.2, 0.25) is 5.88 Å². The summed E-state index contributed by atoms with van der Waals surface area (Å²) >= 11 is 0. The van der Waals surface area contributed by atoms with Crippen LogP contribution in [-0.4, -0.2) is 35.7 Å². The number of nitrogens with one attached hydrogen (secondary N) is 2. The van der Waals surface area contributed by atoms with Crippen molar-refractivity contribution in [2.24, 2.45) is 0 Å².